The van der Waals surface area contributed by atoms with Crippen molar-refractivity contribution in [3.05, 3.63) is 0 Å². The lowest BCUT2D eigenvalue weighted by Gasteiger charge is -2.26. The third-order valence-electron chi connectivity index (χ3n) is 4.18. The molecule has 2 atom stereocenters. The zero-order valence-electron chi connectivity index (χ0n) is 10.1. The minimum absolute atomic E-state index is 0.746. The Morgan fingerprint density at radius 3 is 2.60 bits per heavy atom. The first kappa shape index (κ1) is 11.4. The zero-order valence-corrected chi connectivity index (χ0v) is 10.1. The van der Waals surface area contributed by atoms with Gasteiger partial charge in [0.25, 0.3) is 0 Å². The average Bonchev–Trinajstić information content (AvgIpc) is 2.65. The second-order valence-electron chi connectivity index (χ2n) is 5.38. The largest absolute Gasteiger partial charge is 0.317 e. The first-order chi connectivity index (χ1) is 7.36. The molecular formula is C13H26N2. The number of nitrogens with one attached hydrogen (secondary N) is 2. The molecule has 0 aromatic rings. The molecule has 0 bridgehead atoms. The van der Waals surface area contributed by atoms with E-state index in [0.717, 1.165) is 18.0 Å². The molecule has 1 aliphatic heterocycles. The summed E-state index contributed by atoms with van der Waals surface area (Å²) in [6.07, 6.45) is 9.86. The van der Waals surface area contributed by atoms with Gasteiger partial charge >= 0.3 is 0 Å². The highest BCUT2D eigenvalue weighted by molar-refractivity contribution is 4.82. The van der Waals surface area contributed by atoms with Crippen molar-refractivity contribution < 1.29 is 0 Å². The Bertz CT molecular complexity index is 167. The summed E-state index contributed by atoms with van der Waals surface area (Å²) < 4.78 is 0. The Morgan fingerprint density at radius 2 is 1.80 bits per heavy atom. The maximum atomic E-state index is 3.86. The Balaban J connectivity index is 1.73. The molecule has 1 aliphatic carbocycles. The van der Waals surface area contributed by atoms with Crippen molar-refractivity contribution >= 4 is 0 Å². The van der Waals surface area contributed by atoms with Crippen LogP contribution in [0.15, 0.2) is 0 Å². The molecule has 2 fully saturated rings. The first-order valence-corrected chi connectivity index (χ1v) is 6.83. The van der Waals surface area contributed by atoms with Crippen molar-refractivity contribution in [2.24, 2.45) is 5.92 Å². The summed E-state index contributed by atoms with van der Waals surface area (Å²) in [5, 5.41) is 7.34. The van der Waals surface area contributed by atoms with Gasteiger partial charge in [0.15, 0.2) is 0 Å². The van der Waals surface area contributed by atoms with Gasteiger partial charge in [-0.25, -0.2) is 0 Å². The van der Waals surface area contributed by atoms with Crippen molar-refractivity contribution in [1.29, 1.82) is 0 Å². The molecule has 2 heteroatoms. The van der Waals surface area contributed by atoms with Gasteiger partial charge in [-0.3, -0.25) is 0 Å². The van der Waals surface area contributed by atoms with Crippen LogP contribution in [0.25, 0.3) is 0 Å². The highest BCUT2D eigenvalue weighted by atomic mass is 15.0. The van der Waals surface area contributed by atoms with Crippen LogP contribution >= 0.6 is 0 Å². The summed E-state index contributed by atoms with van der Waals surface area (Å²) in [5.74, 6) is 0.959. The third-order valence-corrected chi connectivity index (χ3v) is 4.18. The van der Waals surface area contributed by atoms with Gasteiger partial charge < -0.3 is 10.6 Å². The van der Waals surface area contributed by atoms with Gasteiger partial charge in [0.2, 0.25) is 0 Å². The van der Waals surface area contributed by atoms with Gasteiger partial charge in [0.05, 0.1) is 0 Å². The minimum Gasteiger partial charge on any atom is -0.317 e. The van der Waals surface area contributed by atoms with E-state index in [1.165, 1.54) is 58.0 Å². The second kappa shape index (κ2) is 5.86. The fraction of sp³-hybridized carbons (Fsp3) is 1.00. The van der Waals surface area contributed by atoms with Crippen LogP contribution < -0.4 is 10.6 Å². The SMILES string of the molecule is C[C@@H](NC1CCCNCC1)C1CCCC1. The molecule has 0 aromatic carbocycles. The van der Waals surface area contributed by atoms with Crippen molar-refractivity contribution in [3.8, 4) is 0 Å². The highest BCUT2D eigenvalue weighted by Crippen LogP contribution is 2.28. The minimum atomic E-state index is 0.746. The molecule has 0 amide bonds. The molecule has 1 unspecified atom stereocenters. The Hall–Kier alpha value is -0.0800. The van der Waals surface area contributed by atoms with Gasteiger partial charge in [-0.1, -0.05) is 12.8 Å². The second-order valence-corrected chi connectivity index (χ2v) is 5.38. The molecule has 15 heavy (non-hydrogen) atoms. The fourth-order valence-corrected chi connectivity index (χ4v) is 3.15. The fourth-order valence-electron chi connectivity index (χ4n) is 3.15. The highest BCUT2D eigenvalue weighted by Gasteiger charge is 2.23. The molecule has 1 heterocycles. The van der Waals surface area contributed by atoms with E-state index in [2.05, 4.69) is 17.6 Å². The maximum absolute atomic E-state index is 3.86. The van der Waals surface area contributed by atoms with Gasteiger partial charge in [-0.05, 0) is 58.0 Å². The quantitative estimate of drug-likeness (QED) is 0.747. The Morgan fingerprint density at radius 1 is 1.00 bits per heavy atom. The standard InChI is InChI=1S/C13H26N2/c1-11(12-5-2-3-6-12)15-13-7-4-9-14-10-8-13/h11-15H,2-10H2,1H3/t11-,13?/m1/s1. The van der Waals surface area contributed by atoms with Gasteiger partial charge in [-0.2, -0.15) is 0 Å². The summed E-state index contributed by atoms with van der Waals surface area (Å²) in [7, 11) is 0. The predicted octanol–water partition coefficient (Wildman–Crippen LogP) is 2.30. The summed E-state index contributed by atoms with van der Waals surface area (Å²) in [5.41, 5.74) is 0. The van der Waals surface area contributed by atoms with Crippen LogP contribution in [0, 0.1) is 5.92 Å². The number of rotatable bonds is 3. The molecule has 1 saturated heterocycles. The van der Waals surface area contributed by atoms with Gasteiger partial charge in [0, 0.05) is 12.1 Å². The van der Waals surface area contributed by atoms with E-state index in [0.29, 0.717) is 0 Å². The van der Waals surface area contributed by atoms with E-state index < -0.39 is 0 Å². The van der Waals surface area contributed by atoms with Crippen LogP contribution in [0.5, 0.6) is 0 Å². The van der Waals surface area contributed by atoms with Crippen LogP contribution in [-0.4, -0.2) is 25.2 Å². The topological polar surface area (TPSA) is 24.1 Å². The molecule has 2 nitrogen and oxygen atoms in total. The molecule has 2 rings (SSSR count). The van der Waals surface area contributed by atoms with Crippen molar-refractivity contribution in [2.45, 2.75) is 64.0 Å². The molecular weight excluding hydrogens is 184 g/mol. The molecule has 1 saturated carbocycles. The van der Waals surface area contributed by atoms with E-state index in [-0.39, 0.29) is 0 Å². The molecule has 0 aromatic heterocycles. The van der Waals surface area contributed by atoms with E-state index in [1.807, 2.05) is 0 Å². The first-order valence-electron chi connectivity index (χ1n) is 6.83. The predicted molar refractivity (Wildman–Crippen MR) is 65.1 cm³/mol. The van der Waals surface area contributed by atoms with Gasteiger partial charge in [-0.15, -0.1) is 0 Å². The monoisotopic (exact) mass is 210 g/mol. The summed E-state index contributed by atoms with van der Waals surface area (Å²) in [6, 6.07) is 1.52. The molecule has 2 N–H and O–H groups in total. The van der Waals surface area contributed by atoms with Crippen molar-refractivity contribution in [3.63, 3.8) is 0 Å². The van der Waals surface area contributed by atoms with Gasteiger partial charge in [0.1, 0.15) is 0 Å². The van der Waals surface area contributed by atoms with Crippen molar-refractivity contribution in [1.82, 2.24) is 10.6 Å². The summed E-state index contributed by atoms with van der Waals surface area (Å²) >= 11 is 0. The summed E-state index contributed by atoms with van der Waals surface area (Å²) in [6.45, 7) is 4.82. The number of hydrogen-bond acceptors (Lipinski definition) is 2. The smallest absolute Gasteiger partial charge is 0.00822 e. The molecule has 0 spiro atoms. The van der Waals surface area contributed by atoms with E-state index >= 15 is 0 Å². The van der Waals surface area contributed by atoms with Crippen LogP contribution in [0.2, 0.25) is 0 Å². The van der Waals surface area contributed by atoms with Crippen LogP contribution in [0.4, 0.5) is 0 Å². The molecule has 2 aliphatic rings. The molecule has 0 radical (unpaired) electrons. The lowest BCUT2D eigenvalue weighted by Crippen LogP contribution is -2.40. The maximum Gasteiger partial charge on any atom is 0.00822 e. The van der Waals surface area contributed by atoms with E-state index in [1.54, 1.807) is 0 Å². The summed E-state index contributed by atoms with van der Waals surface area (Å²) in [4.78, 5) is 0. The van der Waals surface area contributed by atoms with E-state index in [9.17, 15) is 0 Å². The Kier molecular flexibility index (Phi) is 4.45. The lowest BCUT2D eigenvalue weighted by atomic mass is 9.97. The molecule has 88 valence electrons. The Labute approximate surface area is 94.2 Å². The van der Waals surface area contributed by atoms with Crippen LogP contribution in [0.3, 0.4) is 0 Å². The number of hydrogen-bond donors (Lipinski definition) is 2. The average molecular weight is 210 g/mol. The van der Waals surface area contributed by atoms with Crippen LogP contribution in [0.1, 0.15) is 51.9 Å². The zero-order chi connectivity index (χ0) is 10.5. The third kappa shape index (κ3) is 3.46. The van der Waals surface area contributed by atoms with E-state index in [4.69, 9.17) is 0 Å². The normalized spacial score (nSPS) is 31.4. The lowest BCUT2D eigenvalue weighted by molar-refractivity contribution is 0.326. The van der Waals surface area contributed by atoms with Crippen molar-refractivity contribution in [2.75, 3.05) is 13.1 Å². The van der Waals surface area contributed by atoms with Crippen LogP contribution in [-0.2, 0) is 0 Å².